The fourth-order valence-electron chi connectivity index (χ4n) is 3.85. The van der Waals surface area contributed by atoms with Crippen molar-refractivity contribution in [3.05, 3.63) is 70.3 Å². The van der Waals surface area contributed by atoms with Gasteiger partial charge < -0.3 is 26.0 Å². The lowest BCUT2D eigenvalue weighted by Crippen LogP contribution is -2.49. The Hall–Kier alpha value is -3.07. The van der Waals surface area contributed by atoms with Gasteiger partial charge in [0.15, 0.2) is 5.96 Å². The molecule has 2 aliphatic heterocycles. The molecule has 2 aromatic rings. The SMILES string of the molecule is Cc1c(Cl)cccc1C1=CC(NCCc2cccc(NC(=O)N3CCOCC3)c2)NC(N)=N1. The van der Waals surface area contributed by atoms with Crippen molar-refractivity contribution in [3.63, 3.8) is 0 Å². The third-order valence-electron chi connectivity index (χ3n) is 5.67. The van der Waals surface area contributed by atoms with Crippen molar-refractivity contribution in [2.24, 2.45) is 10.7 Å². The molecule has 2 heterocycles. The van der Waals surface area contributed by atoms with E-state index in [1.54, 1.807) is 4.90 Å². The van der Waals surface area contributed by atoms with Crippen LogP contribution in [-0.2, 0) is 11.2 Å². The van der Waals surface area contributed by atoms with Gasteiger partial charge in [-0.05, 0) is 48.7 Å². The first-order valence-electron chi connectivity index (χ1n) is 11.0. The predicted octanol–water partition coefficient (Wildman–Crippen LogP) is 2.93. The Morgan fingerprint density at radius 1 is 1.27 bits per heavy atom. The van der Waals surface area contributed by atoms with Crippen molar-refractivity contribution in [1.29, 1.82) is 0 Å². The third kappa shape index (κ3) is 6.04. The Bertz CT molecular complexity index is 1060. The number of halogens is 1. The van der Waals surface area contributed by atoms with E-state index in [-0.39, 0.29) is 12.2 Å². The van der Waals surface area contributed by atoms with Gasteiger partial charge >= 0.3 is 6.03 Å². The van der Waals surface area contributed by atoms with Crippen LogP contribution in [0.25, 0.3) is 5.70 Å². The lowest BCUT2D eigenvalue weighted by atomic mass is 10.0. The number of carbonyl (C=O) groups excluding carboxylic acids is 1. The average molecular weight is 469 g/mol. The number of carbonyl (C=O) groups is 1. The van der Waals surface area contributed by atoms with Gasteiger partial charge in [0.05, 0.1) is 18.9 Å². The molecule has 8 nitrogen and oxygen atoms in total. The van der Waals surface area contributed by atoms with E-state index in [0.717, 1.165) is 34.5 Å². The molecule has 0 spiro atoms. The summed E-state index contributed by atoms with van der Waals surface area (Å²) < 4.78 is 5.30. The fourth-order valence-corrected chi connectivity index (χ4v) is 4.02. The highest BCUT2D eigenvalue weighted by atomic mass is 35.5. The van der Waals surface area contributed by atoms with Crippen molar-refractivity contribution < 1.29 is 9.53 Å². The Kier molecular flexibility index (Phi) is 7.49. The second kappa shape index (κ2) is 10.7. The zero-order valence-electron chi connectivity index (χ0n) is 18.6. The van der Waals surface area contributed by atoms with E-state index in [1.807, 2.05) is 55.5 Å². The maximum absolute atomic E-state index is 12.4. The lowest BCUT2D eigenvalue weighted by Gasteiger charge is -2.27. The molecule has 174 valence electrons. The largest absolute Gasteiger partial charge is 0.378 e. The number of morpholine rings is 1. The van der Waals surface area contributed by atoms with Crippen molar-refractivity contribution in [1.82, 2.24) is 15.5 Å². The quantitative estimate of drug-likeness (QED) is 0.522. The van der Waals surface area contributed by atoms with E-state index in [2.05, 4.69) is 20.9 Å². The molecule has 0 saturated carbocycles. The van der Waals surface area contributed by atoms with Gasteiger partial charge in [-0.15, -0.1) is 0 Å². The van der Waals surface area contributed by atoms with Crippen molar-refractivity contribution in [2.45, 2.75) is 19.5 Å². The molecule has 1 fully saturated rings. The Labute approximate surface area is 198 Å². The standard InChI is InChI=1S/C24H29ClN6O2/c1-16-19(6-3-7-20(16)25)21-15-22(30-23(26)29-21)27-9-8-17-4-2-5-18(14-17)28-24(32)31-10-12-33-13-11-31/h2-7,14-15,22,27H,8-13H2,1H3,(H,28,32)(H3,26,29,30). The molecule has 1 saturated heterocycles. The molecule has 1 atom stereocenters. The van der Waals surface area contributed by atoms with Crippen LogP contribution in [-0.4, -0.2) is 55.9 Å². The minimum absolute atomic E-state index is 0.0938. The first kappa shape index (κ1) is 23.1. The van der Waals surface area contributed by atoms with Gasteiger partial charge in [-0.1, -0.05) is 35.9 Å². The zero-order chi connectivity index (χ0) is 23.2. The van der Waals surface area contributed by atoms with Gasteiger partial charge in [0, 0.05) is 35.9 Å². The molecule has 33 heavy (non-hydrogen) atoms. The van der Waals surface area contributed by atoms with Gasteiger partial charge in [-0.2, -0.15) is 0 Å². The smallest absolute Gasteiger partial charge is 0.321 e. The first-order chi connectivity index (χ1) is 16.0. The zero-order valence-corrected chi connectivity index (χ0v) is 19.4. The second-order valence-electron chi connectivity index (χ2n) is 8.02. The van der Waals surface area contributed by atoms with E-state index in [9.17, 15) is 4.79 Å². The summed E-state index contributed by atoms with van der Waals surface area (Å²) in [6, 6.07) is 13.6. The average Bonchev–Trinajstić information content (AvgIpc) is 2.81. The highest BCUT2D eigenvalue weighted by molar-refractivity contribution is 6.31. The number of hydrogen-bond donors (Lipinski definition) is 4. The molecule has 0 bridgehead atoms. The molecule has 2 aliphatic rings. The summed E-state index contributed by atoms with van der Waals surface area (Å²) in [6.45, 7) is 5.07. The van der Waals surface area contributed by atoms with Crippen LogP contribution in [0.5, 0.6) is 0 Å². The summed E-state index contributed by atoms with van der Waals surface area (Å²) in [5.41, 5.74) is 10.7. The lowest BCUT2D eigenvalue weighted by molar-refractivity contribution is 0.0564. The van der Waals surface area contributed by atoms with E-state index >= 15 is 0 Å². The number of nitrogens with two attached hydrogens (primary N) is 1. The van der Waals surface area contributed by atoms with Crippen LogP contribution in [0.2, 0.25) is 5.02 Å². The van der Waals surface area contributed by atoms with E-state index in [4.69, 9.17) is 22.1 Å². The molecule has 0 radical (unpaired) electrons. The maximum Gasteiger partial charge on any atom is 0.321 e. The monoisotopic (exact) mass is 468 g/mol. The van der Waals surface area contributed by atoms with Crippen LogP contribution in [0, 0.1) is 6.92 Å². The van der Waals surface area contributed by atoms with Crippen molar-refractivity contribution in [3.8, 4) is 0 Å². The summed E-state index contributed by atoms with van der Waals surface area (Å²) in [6.07, 6.45) is 2.64. The first-order valence-corrected chi connectivity index (χ1v) is 11.4. The maximum atomic E-state index is 12.4. The van der Waals surface area contributed by atoms with Gasteiger partial charge in [0.2, 0.25) is 0 Å². The van der Waals surface area contributed by atoms with Crippen LogP contribution in [0.4, 0.5) is 10.5 Å². The minimum Gasteiger partial charge on any atom is -0.378 e. The van der Waals surface area contributed by atoms with E-state index in [0.29, 0.717) is 43.8 Å². The minimum atomic E-state index is -0.153. The van der Waals surface area contributed by atoms with Gasteiger partial charge in [0.1, 0.15) is 6.17 Å². The van der Waals surface area contributed by atoms with Crippen molar-refractivity contribution >= 4 is 35.0 Å². The van der Waals surface area contributed by atoms with E-state index in [1.165, 1.54) is 0 Å². The van der Waals surface area contributed by atoms with Crippen molar-refractivity contribution in [2.75, 3.05) is 38.2 Å². The number of nitrogens with one attached hydrogen (secondary N) is 3. The number of amides is 2. The molecule has 5 N–H and O–H groups in total. The van der Waals surface area contributed by atoms with E-state index < -0.39 is 0 Å². The highest BCUT2D eigenvalue weighted by Crippen LogP contribution is 2.27. The number of hydrogen-bond acceptors (Lipinski definition) is 6. The van der Waals surface area contributed by atoms with Gasteiger partial charge in [-0.3, -0.25) is 5.32 Å². The predicted molar refractivity (Wildman–Crippen MR) is 132 cm³/mol. The number of anilines is 1. The topological polar surface area (TPSA) is 104 Å². The van der Waals surface area contributed by atoms with Crippen LogP contribution in [0.3, 0.4) is 0 Å². The number of guanidine groups is 1. The molecule has 4 rings (SSSR count). The molecular formula is C24H29ClN6O2. The summed E-state index contributed by atoms with van der Waals surface area (Å²) in [4.78, 5) is 18.6. The molecule has 1 unspecified atom stereocenters. The molecule has 2 aromatic carbocycles. The summed E-state index contributed by atoms with van der Waals surface area (Å²) in [7, 11) is 0. The fraction of sp³-hybridized carbons (Fsp3) is 0.333. The Morgan fingerprint density at radius 3 is 2.88 bits per heavy atom. The molecule has 0 aromatic heterocycles. The number of urea groups is 1. The van der Waals surface area contributed by atoms with Gasteiger partial charge in [-0.25, -0.2) is 9.79 Å². The summed E-state index contributed by atoms with van der Waals surface area (Å²) in [5, 5.41) is 10.3. The van der Waals surface area contributed by atoms with Crippen LogP contribution >= 0.6 is 11.6 Å². The van der Waals surface area contributed by atoms with Crippen LogP contribution in [0.1, 0.15) is 16.7 Å². The number of ether oxygens (including phenoxy) is 1. The normalized spacial score (nSPS) is 18.2. The Morgan fingerprint density at radius 2 is 2.06 bits per heavy atom. The van der Waals surface area contributed by atoms with Crippen LogP contribution in [0.15, 0.2) is 53.5 Å². The molecule has 0 aliphatic carbocycles. The molecule has 2 amide bonds. The third-order valence-corrected chi connectivity index (χ3v) is 6.08. The molecule has 9 heteroatoms. The number of aliphatic imine (C=N–C) groups is 1. The number of benzene rings is 2. The Balaban J connectivity index is 1.34. The van der Waals surface area contributed by atoms with Gasteiger partial charge in [0.25, 0.3) is 0 Å². The van der Waals surface area contributed by atoms with Crippen LogP contribution < -0.4 is 21.7 Å². The molecular weight excluding hydrogens is 440 g/mol. The second-order valence-corrected chi connectivity index (χ2v) is 8.42. The number of rotatable bonds is 6. The number of nitrogens with zero attached hydrogens (tertiary/aromatic N) is 2. The summed E-state index contributed by atoms with van der Waals surface area (Å²) >= 11 is 6.27. The highest BCUT2D eigenvalue weighted by Gasteiger charge is 2.18. The summed E-state index contributed by atoms with van der Waals surface area (Å²) in [5.74, 6) is 0.359.